The summed E-state index contributed by atoms with van der Waals surface area (Å²) in [6.07, 6.45) is 2.01. The summed E-state index contributed by atoms with van der Waals surface area (Å²) in [6, 6.07) is -0.0777. The number of aryl methyl sites for hydroxylation is 1. The average molecular weight is 298 g/mol. The first kappa shape index (κ1) is 15.2. The molecule has 7 heteroatoms. The van der Waals surface area contributed by atoms with E-state index in [0.29, 0.717) is 24.8 Å². The fraction of sp³-hybridized carbons (Fsp3) is 0.692. The van der Waals surface area contributed by atoms with E-state index in [4.69, 9.17) is 5.11 Å². The quantitative estimate of drug-likeness (QED) is 0.858. The van der Waals surface area contributed by atoms with Gasteiger partial charge in [0.1, 0.15) is 0 Å². The van der Waals surface area contributed by atoms with Crippen LogP contribution in [0.5, 0.6) is 0 Å². The number of carbonyl (C=O) groups excluding carboxylic acids is 1. The number of aromatic nitrogens is 1. The van der Waals surface area contributed by atoms with Gasteiger partial charge in [-0.1, -0.05) is 13.3 Å². The first-order valence-corrected chi connectivity index (χ1v) is 7.94. The van der Waals surface area contributed by atoms with Crippen molar-refractivity contribution in [2.24, 2.45) is 0 Å². The van der Waals surface area contributed by atoms with Crippen LogP contribution in [0.4, 0.5) is 9.93 Å². The number of nitrogens with one attached hydrogen (secondary N) is 1. The molecular weight excluding hydrogens is 276 g/mol. The van der Waals surface area contributed by atoms with Crippen LogP contribution in [0.15, 0.2) is 5.38 Å². The summed E-state index contributed by atoms with van der Waals surface area (Å²) < 4.78 is 0. The lowest BCUT2D eigenvalue weighted by molar-refractivity contribution is 0.127. The van der Waals surface area contributed by atoms with Crippen molar-refractivity contribution >= 4 is 22.5 Å². The monoisotopic (exact) mass is 298 g/mol. The Morgan fingerprint density at radius 2 is 2.20 bits per heavy atom. The Morgan fingerprint density at radius 1 is 1.45 bits per heavy atom. The minimum Gasteiger partial charge on any atom is -0.395 e. The second kappa shape index (κ2) is 7.56. The molecule has 2 N–H and O–H groups in total. The van der Waals surface area contributed by atoms with Gasteiger partial charge in [-0.15, -0.1) is 11.3 Å². The highest BCUT2D eigenvalue weighted by molar-refractivity contribution is 7.13. The number of hydrogen-bond acceptors (Lipinski definition) is 5. The summed E-state index contributed by atoms with van der Waals surface area (Å²) in [5.41, 5.74) is 1.04. The largest absolute Gasteiger partial charge is 0.395 e. The van der Waals surface area contributed by atoms with E-state index < -0.39 is 0 Å². The molecule has 1 aromatic rings. The zero-order chi connectivity index (χ0) is 14.4. The predicted octanol–water partition coefficient (Wildman–Crippen LogP) is 1.24. The van der Waals surface area contributed by atoms with Gasteiger partial charge in [-0.3, -0.25) is 10.2 Å². The molecule has 0 atom stereocenters. The highest BCUT2D eigenvalue weighted by Crippen LogP contribution is 2.17. The van der Waals surface area contributed by atoms with Gasteiger partial charge in [0.15, 0.2) is 5.13 Å². The molecule has 1 aromatic heterocycles. The van der Waals surface area contributed by atoms with Crippen LogP contribution >= 0.6 is 11.3 Å². The van der Waals surface area contributed by atoms with Gasteiger partial charge in [-0.05, 0) is 6.42 Å². The smallest absolute Gasteiger partial charge is 0.323 e. The van der Waals surface area contributed by atoms with E-state index in [9.17, 15) is 4.79 Å². The number of rotatable bonds is 5. The molecule has 0 aromatic carbocycles. The standard InChI is InChI=1S/C13H22N4O2S/c1-2-3-11-10-20-12(14-11)15-13(19)17-6-4-16(5-7-17)8-9-18/h10,18H,2-9H2,1H3,(H,14,15,19). The van der Waals surface area contributed by atoms with Crippen molar-refractivity contribution in [2.45, 2.75) is 19.8 Å². The molecule has 0 radical (unpaired) electrons. The lowest BCUT2D eigenvalue weighted by Gasteiger charge is -2.34. The molecule has 2 rings (SSSR count). The Bertz CT molecular complexity index is 430. The second-order valence-electron chi connectivity index (χ2n) is 4.88. The Morgan fingerprint density at radius 3 is 2.85 bits per heavy atom. The number of aliphatic hydroxyl groups excluding tert-OH is 1. The number of carbonyl (C=O) groups is 1. The van der Waals surface area contributed by atoms with Crippen molar-refractivity contribution < 1.29 is 9.90 Å². The molecule has 0 saturated carbocycles. The van der Waals surface area contributed by atoms with Gasteiger partial charge in [0.2, 0.25) is 0 Å². The lowest BCUT2D eigenvalue weighted by atomic mass is 10.3. The number of nitrogens with zero attached hydrogens (tertiary/aromatic N) is 3. The number of anilines is 1. The molecule has 1 aliphatic heterocycles. The number of aliphatic hydroxyl groups is 1. The summed E-state index contributed by atoms with van der Waals surface area (Å²) in [5, 5.41) is 14.4. The zero-order valence-electron chi connectivity index (χ0n) is 11.8. The SMILES string of the molecule is CCCc1csc(NC(=O)N2CCN(CCO)CC2)n1. The van der Waals surface area contributed by atoms with Crippen molar-refractivity contribution in [1.29, 1.82) is 0 Å². The molecule has 1 fully saturated rings. The number of amides is 2. The van der Waals surface area contributed by atoms with Gasteiger partial charge in [0, 0.05) is 38.1 Å². The van der Waals surface area contributed by atoms with Crippen molar-refractivity contribution in [3.63, 3.8) is 0 Å². The fourth-order valence-electron chi connectivity index (χ4n) is 2.22. The third-order valence-corrected chi connectivity index (χ3v) is 4.15. The second-order valence-corrected chi connectivity index (χ2v) is 5.73. The van der Waals surface area contributed by atoms with E-state index in [1.807, 2.05) is 5.38 Å². The van der Waals surface area contributed by atoms with Gasteiger partial charge in [0.05, 0.1) is 12.3 Å². The van der Waals surface area contributed by atoms with Gasteiger partial charge in [-0.2, -0.15) is 0 Å². The number of urea groups is 1. The van der Waals surface area contributed by atoms with Crippen LogP contribution in [0.2, 0.25) is 0 Å². The molecule has 1 saturated heterocycles. The summed E-state index contributed by atoms with van der Waals surface area (Å²) in [5.74, 6) is 0. The topological polar surface area (TPSA) is 68.7 Å². The minimum absolute atomic E-state index is 0.0777. The molecule has 112 valence electrons. The van der Waals surface area contributed by atoms with E-state index in [0.717, 1.165) is 31.6 Å². The normalized spacial score (nSPS) is 16.4. The highest BCUT2D eigenvalue weighted by Gasteiger charge is 2.21. The number of β-amino-alcohol motifs (C(OH)–C–C–N with tert-alkyl or cyclic N) is 1. The van der Waals surface area contributed by atoms with Crippen molar-refractivity contribution in [3.05, 3.63) is 11.1 Å². The van der Waals surface area contributed by atoms with Crippen LogP contribution in [0.25, 0.3) is 0 Å². The van der Waals surface area contributed by atoms with Gasteiger partial charge < -0.3 is 10.0 Å². The Balaban J connectivity index is 1.80. The molecule has 1 aliphatic rings. The number of thiazole rings is 1. The van der Waals surface area contributed by atoms with E-state index in [1.165, 1.54) is 11.3 Å². The first-order chi connectivity index (χ1) is 9.72. The van der Waals surface area contributed by atoms with Crippen LogP contribution in [0, 0.1) is 0 Å². The molecular formula is C13H22N4O2S. The van der Waals surface area contributed by atoms with Crippen molar-refractivity contribution in [2.75, 3.05) is 44.6 Å². The third-order valence-electron chi connectivity index (χ3n) is 3.35. The van der Waals surface area contributed by atoms with Crippen LogP contribution in [-0.4, -0.2) is 65.3 Å². The Hall–Kier alpha value is -1.18. The van der Waals surface area contributed by atoms with E-state index in [1.54, 1.807) is 4.90 Å². The fourth-order valence-corrected chi connectivity index (χ4v) is 2.96. The van der Waals surface area contributed by atoms with E-state index >= 15 is 0 Å². The van der Waals surface area contributed by atoms with Gasteiger partial charge >= 0.3 is 6.03 Å². The Kier molecular flexibility index (Phi) is 5.75. The molecule has 2 amide bonds. The van der Waals surface area contributed by atoms with E-state index in [-0.39, 0.29) is 12.6 Å². The molecule has 0 bridgehead atoms. The molecule has 0 spiro atoms. The zero-order valence-corrected chi connectivity index (χ0v) is 12.7. The summed E-state index contributed by atoms with van der Waals surface area (Å²) in [7, 11) is 0. The predicted molar refractivity (Wildman–Crippen MR) is 80.2 cm³/mol. The maximum atomic E-state index is 12.1. The third kappa shape index (κ3) is 4.16. The van der Waals surface area contributed by atoms with Crippen molar-refractivity contribution in [1.82, 2.24) is 14.8 Å². The number of piperazine rings is 1. The van der Waals surface area contributed by atoms with Gasteiger partial charge in [-0.25, -0.2) is 9.78 Å². The molecule has 2 heterocycles. The van der Waals surface area contributed by atoms with Gasteiger partial charge in [0.25, 0.3) is 0 Å². The maximum absolute atomic E-state index is 12.1. The van der Waals surface area contributed by atoms with Crippen LogP contribution < -0.4 is 5.32 Å². The van der Waals surface area contributed by atoms with Crippen molar-refractivity contribution in [3.8, 4) is 0 Å². The molecule has 6 nitrogen and oxygen atoms in total. The Labute approximate surface area is 123 Å². The maximum Gasteiger partial charge on any atom is 0.323 e. The van der Waals surface area contributed by atoms with E-state index in [2.05, 4.69) is 22.1 Å². The van der Waals surface area contributed by atoms with Crippen LogP contribution in [0.1, 0.15) is 19.0 Å². The average Bonchev–Trinajstić information content (AvgIpc) is 2.88. The molecule has 0 aliphatic carbocycles. The first-order valence-electron chi connectivity index (χ1n) is 7.06. The minimum atomic E-state index is -0.0777. The molecule has 20 heavy (non-hydrogen) atoms. The highest BCUT2D eigenvalue weighted by atomic mass is 32.1. The van der Waals surface area contributed by atoms with Crippen LogP contribution in [-0.2, 0) is 6.42 Å². The summed E-state index contributed by atoms with van der Waals surface area (Å²) >= 11 is 1.48. The molecule has 0 unspecified atom stereocenters. The summed E-state index contributed by atoms with van der Waals surface area (Å²) in [4.78, 5) is 20.5. The number of hydrogen-bond donors (Lipinski definition) is 2. The van der Waals surface area contributed by atoms with Crippen LogP contribution in [0.3, 0.4) is 0 Å². The lowest BCUT2D eigenvalue weighted by Crippen LogP contribution is -2.50. The summed E-state index contributed by atoms with van der Waals surface area (Å²) in [6.45, 7) is 5.98.